The Labute approximate surface area is 123 Å². The largest absolute Gasteiger partial charge is 0.493 e. The van der Waals surface area contributed by atoms with Crippen LogP contribution in [0, 0.1) is 0 Å². The van der Waals surface area contributed by atoms with Crippen molar-refractivity contribution in [3.63, 3.8) is 0 Å². The Hall–Kier alpha value is -0.580. The molecule has 1 aromatic rings. The fourth-order valence-electron chi connectivity index (χ4n) is 2.60. The van der Waals surface area contributed by atoms with Gasteiger partial charge in [0.2, 0.25) is 0 Å². The molecule has 1 aromatic carbocycles. The third kappa shape index (κ3) is 3.30. The summed E-state index contributed by atoms with van der Waals surface area (Å²) in [7, 11) is 1.79. The molecule has 0 bridgehead atoms. The van der Waals surface area contributed by atoms with Gasteiger partial charge in [0.25, 0.3) is 0 Å². The van der Waals surface area contributed by atoms with Gasteiger partial charge in [0, 0.05) is 13.2 Å². The van der Waals surface area contributed by atoms with Crippen molar-refractivity contribution in [1.29, 1.82) is 0 Å². The number of hydrogen-bond acceptors (Lipinski definition) is 3. The Bertz CT molecular complexity index is 427. The van der Waals surface area contributed by atoms with Crippen LogP contribution in [-0.4, -0.2) is 19.3 Å². The van der Waals surface area contributed by atoms with E-state index in [1.165, 1.54) is 6.42 Å². The van der Waals surface area contributed by atoms with Gasteiger partial charge in [-0.1, -0.05) is 6.07 Å². The van der Waals surface area contributed by atoms with Gasteiger partial charge >= 0.3 is 0 Å². The lowest BCUT2D eigenvalue weighted by Crippen LogP contribution is -2.41. The summed E-state index contributed by atoms with van der Waals surface area (Å²) in [6.45, 7) is 2.64. The first kappa shape index (κ1) is 14.8. The second-order valence-electron chi connectivity index (χ2n) is 5.17. The summed E-state index contributed by atoms with van der Waals surface area (Å²) < 4.78 is 12.1. The molecule has 0 spiro atoms. The highest BCUT2D eigenvalue weighted by molar-refractivity contribution is 9.10. The molecule has 0 amide bonds. The highest BCUT2D eigenvalue weighted by Gasteiger charge is 2.38. The van der Waals surface area contributed by atoms with Gasteiger partial charge in [0.05, 0.1) is 16.7 Å². The quantitative estimate of drug-likeness (QED) is 0.864. The summed E-state index contributed by atoms with van der Waals surface area (Å²) in [5.41, 5.74) is 7.45. The standard InChI is InChI=1S/C15H22BrNO2/c1-3-19-14-6-5-11(9-12(14)16)13(17)10-15(18-2)7-4-8-15/h5-6,9,13H,3-4,7-8,10,17H2,1-2H3. The van der Waals surface area contributed by atoms with E-state index in [1.807, 2.05) is 19.1 Å². The first-order valence-corrected chi connectivity index (χ1v) is 7.62. The van der Waals surface area contributed by atoms with Crippen molar-refractivity contribution in [2.45, 2.75) is 44.2 Å². The van der Waals surface area contributed by atoms with Gasteiger partial charge in [-0.05, 0) is 66.2 Å². The van der Waals surface area contributed by atoms with Crippen LogP contribution in [0.5, 0.6) is 5.75 Å². The van der Waals surface area contributed by atoms with Gasteiger partial charge in [0.15, 0.2) is 0 Å². The van der Waals surface area contributed by atoms with E-state index < -0.39 is 0 Å². The van der Waals surface area contributed by atoms with E-state index in [4.69, 9.17) is 15.2 Å². The number of hydrogen-bond donors (Lipinski definition) is 1. The molecule has 2 N–H and O–H groups in total. The topological polar surface area (TPSA) is 44.5 Å². The predicted molar refractivity (Wildman–Crippen MR) is 80.4 cm³/mol. The number of nitrogens with two attached hydrogens (primary N) is 1. The van der Waals surface area contributed by atoms with Crippen LogP contribution < -0.4 is 10.5 Å². The second-order valence-corrected chi connectivity index (χ2v) is 6.03. The molecule has 1 unspecified atom stereocenters. The normalized spacial score (nSPS) is 18.7. The van der Waals surface area contributed by atoms with E-state index in [-0.39, 0.29) is 11.6 Å². The Balaban J connectivity index is 2.06. The summed E-state index contributed by atoms with van der Waals surface area (Å²) in [6.07, 6.45) is 4.36. The van der Waals surface area contributed by atoms with Crippen LogP contribution in [-0.2, 0) is 4.74 Å². The molecule has 19 heavy (non-hydrogen) atoms. The minimum Gasteiger partial charge on any atom is -0.493 e. The fraction of sp³-hybridized carbons (Fsp3) is 0.600. The Morgan fingerprint density at radius 2 is 2.16 bits per heavy atom. The lowest BCUT2D eigenvalue weighted by atomic mass is 9.75. The molecule has 1 saturated carbocycles. The number of rotatable bonds is 6. The summed E-state index contributed by atoms with van der Waals surface area (Å²) in [5.74, 6) is 0.864. The molecule has 1 fully saturated rings. The summed E-state index contributed by atoms with van der Waals surface area (Å²) in [4.78, 5) is 0. The molecule has 0 aliphatic heterocycles. The van der Waals surface area contributed by atoms with Crippen LogP contribution in [0.1, 0.15) is 44.2 Å². The molecule has 0 radical (unpaired) electrons. The van der Waals surface area contributed by atoms with Crippen LogP contribution in [0.15, 0.2) is 22.7 Å². The Kier molecular flexibility index (Phi) is 4.87. The van der Waals surface area contributed by atoms with Gasteiger partial charge in [-0.2, -0.15) is 0 Å². The minimum atomic E-state index is 0.00445. The van der Waals surface area contributed by atoms with Gasteiger partial charge < -0.3 is 15.2 Å². The lowest BCUT2D eigenvalue weighted by Gasteiger charge is -2.42. The highest BCUT2D eigenvalue weighted by atomic mass is 79.9. The summed E-state index contributed by atoms with van der Waals surface area (Å²) >= 11 is 3.53. The maximum absolute atomic E-state index is 6.32. The predicted octanol–water partition coefficient (Wildman–Crippen LogP) is 3.81. The maximum Gasteiger partial charge on any atom is 0.133 e. The maximum atomic E-state index is 6.32. The van der Waals surface area contributed by atoms with E-state index in [0.29, 0.717) is 6.61 Å². The zero-order valence-electron chi connectivity index (χ0n) is 11.6. The van der Waals surface area contributed by atoms with Crippen LogP contribution in [0.3, 0.4) is 0 Å². The third-order valence-electron chi connectivity index (χ3n) is 3.97. The van der Waals surface area contributed by atoms with Crippen LogP contribution in [0.4, 0.5) is 0 Å². The summed E-state index contributed by atoms with van der Waals surface area (Å²) in [6, 6.07) is 6.08. The smallest absolute Gasteiger partial charge is 0.133 e. The van der Waals surface area contributed by atoms with Crippen LogP contribution in [0.2, 0.25) is 0 Å². The fourth-order valence-corrected chi connectivity index (χ4v) is 3.11. The van der Waals surface area contributed by atoms with Crippen LogP contribution >= 0.6 is 15.9 Å². The van der Waals surface area contributed by atoms with Gasteiger partial charge in [-0.15, -0.1) is 0 Å². The van der Waals surface area contributed by atoms with Crippen molar-refractivity contribution >= 4 is 15.9 Å². The van der Waals surface area contributed by atoms with Gasteiger partial charge in [0.1, 0.15) is 5.75 Å². The lowest BCUT2D eigenvalue weighted by molar-refractivity contribution is -0.0817. The SMILES string of the molecule is CCOc1ccc(C(N)CC2(OC)CCC2)cc1Br. The number of benzene rings is 1. The Morgan fingerprint density at radius 1 is 1.42 bits per heavy atom. The number of halogens is 1. The number of ether oxygens (including phenoxy) is 2. The first-order valence-electron chi connectivity index (χ1n) is 6.83. The van der Waals surface area contributed by atoms with E-state index in [1.54, 1.807) is 7.11 Å². The average molecular weight is 328 g/mol. The zero-order chi connectivity index (χ0) is 13.9. The second kappa shape index (κ2) is 6.25. The van der Waals surface area contributed by atoms with Crippen molar-refractivity contribution in [2.24, 2.45) is 5.73 Å². The molecule has 0 aromatic heterocycles. The van der Waals surface area contributed by atoms with Gasteiger partial charge in [-0.25, -0.2) is 0 Å². The molecule has 106 valence electrons. The molecule has 0 saturated heterocycles. The average Bonchev–Trinajstić information content (AvgIpc) is 2.36. The van der Waals surface area contributed by atoms with Crippen molar-refractivity contribution in [2.75, 3.05) is 13.7 Å². The van der Waals surface area contributed by atoms with Crippen molar-refractivity contribution in [3.8, 4) is 5.75 Å². The molecular formula is C15H22BrNO2. The zero-order valence-corrected chi connectivity index (χ0v) is 13.2. The molecule has 2 rings (SSSR count). The van der Waals surface area contributed by atoms with E-state index in [2.05, 4.69) is 22.0 Å². The molecule has 1 atom stereocenters. The molecular weight excluding hydrogens is 306 g/mol. The highest BCUT2D eigenvalue weighted by Crippen LogP contribution is 2.41. The molecule has 4 heteroatoms. The monoisotopic (exact) mass is 327 g/mol. The van der Waals surface area contributed by atoms with Crippen LogP contribution in [0.25, 0.3) is 0 Å². The van der Waals surface area contributed by atoms with E-state index >= 15 is 0 Å². The first-order chi connectivity index (χ1) is 9.10. The van der Waals surface area contributed by atoms with Crippen molar-refractivity contribution in [3.05, 3.63) is 28.2 Å². The summed E-state index contributed by atoms with van der Waals surface area (Å²) in [5, 5.41) is 0. The van der Waals surface area contributed by atoms with E-state index in [9.17, 15) is 0 Å². The third-order valence-corrected chi connectivity index (χ3v) is 4.59. The molecule has 3 nitrogen and oxygen atoms in total. The van der Waals surface area contributed by atoms with Crippen molar-refractivity contribution < 1.29 is 9.47 Å². The van der Waals surface area contributed by atoms with Gasteiger partial charge in [-0.3, -0.25) is 0 Å². The molecule has 0 heterocycles. The molecule has 1 aliphatic rings. The van der Waals surface area contributed by atoms with Crippen molar-refractivity contribution in [1.82, 2.24) is 0 Å². The Morgan fingerprint density at radius 3 is 2.63 bits per heavy atom. The number of methoxy groups -OCH3 is 1. The van der Waals surface area contributed by atoms with E-state index in [0.717, 1.165) is 35.0 Å². The molecule has 1 aliphatic carbocycles. The minimum absolute atomic E-state index is 0.00445.